The molecule has 0 atom stereocenters. The largest absolute Gasteiger partial charge is 0.325 e. The molecule has 1 amide bonds. The van der Waals surface area contributed by atoms with Crippen LogP contribution in [0.3, 0.4) is 0 Å². The fourth-order valence-corrected chi connectivity index (χ4v) is 3.75. The van der Waals surface area contributed by atoms with E-state index in [1.807, 2.05) is 12.1 Å². The van der Waals surface area contributed by atoms with Gasteiger partial charge in [-0.1, -0.05) is 50.6 Å². The first-order chi connectivity index (χ1) is 13.1. The predicted octanol–water partition coefficient (Wildman–Crippen LogP) is 4.49. The van der Waals surface area contributed by atoms with Crippen LogP contribution in [-0.2, 0) is 17.0 Å². The molecule has 0 aliphatic rings. The molecule has 0 unspecified atom stereocenters. The summed E-state index contributed by atoms with van der Waals surface area (Å²) >= 11 is 2.95. The van der Waals surface area contributed by atoms with Gasteiger partial charge in [-0.05, 0) is 36.3 Å². The SMILES string of the molecule is CCCCCc1ccc(NC(=O)CSc2nc(CSCC)cc(=O)[nH]2)cc1. The molecule has 0 spiro atoms. The molecule has 1 aromatic heterocycles. The van der Waals surface area contributed by atoms with Gasteiger partial charge in [-0.25, -0.2) is 4.98 Å². The molecular formula is C20H27N3O2S2. The van der Waals surface area contributed by atoms with Gasteiger partial charge in [-0.15, -0.1) is 0 Å². The van der Waals surface area contributed by atoms with Crippen molar-refractivity contribution in [2.45, 2.75) is 50.4 Å². The predicted molar refractivity (Wildman–Crippen MR) is 116 cm³/mol. The summed E-state index contributed by atoms with van der Waals surface area (Å²) in [4.78, 5) is 31.0. The van der Waals surface area contributed by atoms with Crippen molar-refractivity contribution in [1.82, 2.24) is 9.97 Å². The van der Waals surface area contributed by atoms with Gasteiger partial charge in [0, 0.05) is 17.5 Å². The van der Waals surface area contributed by atoms with Crippen LogP contribution >= 0.6 is 23.5 Å². The molecule has 2 rings (SSSR count). The van der Waals surface area contributed by atoms with Gasteiger partial charge in [-0.3, -0.25) is 9.59 Å². The highest BCUT2D eigenvalue weighted by molar-refractivity contribution is 7.99. The van der Waals surface area contributed by atoms with Gasteiger partial charge in [0.2, 0.25) is 5.91 Å². The third kappa shape index (κ3) is 8.22. The van der Waals surface area contributed by atoms with Crippen LogP contribution in [0.2, 0.25) is 0 Å². The molecule has 146 valence electrons. The number of rotatable bonds is 11. The summed E-state index contributed by atoms with van der Waals surface area (Å²) in [6.45, 7) is 4.26. The minimum Gasteiger partial charge on any atom is -0.325 e. The van der Waals surface area contributed by atoms with Crippen LogP contribution in [0, 0.1) is 0 Å². The lowest BCUT2D eigenvalue weighted by atomic mass is 10.1. The van der Waals surface area contributed by atoms with Crippen molar-refractivity contribution in [2.24, 2.45) is 0 Å². The van der Waals surface area contributed by atoms with Gasteiger partial charge in [0.1, 0.15) is 0 Å². The summed E-state index contributed by atoms with van der Waals surface area (Å²) in [5.74, 6) is 1.75. The van der Waals surface area contributed by atoms with Gasteiger partial charge in [0.25, 0.3) is 5.56 Å². The number of aryl methyl sites for hydroxylation is 1. The number of nitrogens with zero attached hydrogens (tertiary/aromatic N) is 1. The van der Waals surface area contributed by atoms with Crippen LogP contribution in [0.5, 0.6) is 0 Å². The first-order valence-electron chi connectivity index (χ1n) is 9.30. The Hall–Kier alpha value is -1.73. The molecule has 1 heterocycles. The topological polar surface area (TPSA) is 74.8 Å². The number of carbonyl (C=O) groups is 1. The van der Waals surface area contributed by atoms with E-state index in [1.54, 1.807) is 11.8 Å². The Morgan fingerprint density at radius 3 is 2.67 bits per heavy atom. The Balaban J connectivity index is 1.83. The molecule has 5 nitrogen and oxygen atoms in total. The van der Waals surface area contributed by atoms with Gasteiger partial charge in [0.05, 0.1) is 11.4 Å². The van der Waals surface area contributed by atoms with Crippen molar-refractivity contribution in [3.63, 3.8) is 0 Å². The molecule has 0 fully saturated rings. The first kappa shape index (κ1) is 21.6. The van der Waals surface area contributed by atoms with Crippen molar-refractivity contribution >= 4 is 35.1 Å². The number of carbonyl (C=O) groups excluding carboxylic acids is 1. The number of hydrogen-bond acceptors (Lipinski definition) is 5. The lowest BCUT2D eigenvalue weighted by Gasteiger charge is -2.07. The van der Waals surface area contributed by atoms with Gasteiger partial charge >= 0.3 is 0 Å². The summed E-state index contributed by atoms with van der Waals surface area (Å²) in [5, 5.41) is 3.37. The molecule has 7 heteroatoms. The fraction of sp³-hybridized carbons (Fsp3) is 0.450. The third-order valence-corrected chi connectivity index (χ3v) is 5.66. The minimum atomic E-state index is -0.182. The molecule has 0 radical (unpaired) electrons. The summed E-state index contributed by atoms with van der Waals surface area (Å²) in [7, 11) is 0. The molecule has 1 aromatic carbocycles. The van der Waals surface area contributed by atoms with Crippen molar-refractivity contribution in [3.05, 3.63) is 51.9 Å². The van der Waals surface area contributed by atoms with E-state index in [-0.39, 0.29) is 17.2 Å². The van der Waals surface area contributed by atoms with Crippen LogP contribution in [0.4, 0.5) is 5.69 Å². The van der Waals surface area contributed by atoms with E-state index in [4.69, 9.17) is 0 Å². The maximum Gasteiger partial charge on any atom is 0.251 e. The summed E-state index contributed by atoms with van der Waals surface area (Å²) in [5.41, 5.74) is 2.64. The van der Waals surface area contributed by atoms with E-state index in [1.165, 1.54) is 42.7 Å². The summed E-state index contributed by atoms with van der Waals surface area (Å²) < 4.78 is 0. The van der Waals surface area contributed by atoms with Gasteiger partial charge in [-0.2, -0.15) is 11.8 Å². The molecule has 0 saturated carbocycles. The fourth-order valence-electron chi connectivity index (χ4n) is 2.50. The van der Waals surface area contributed by atoms with E-state index in [2.05, 4.69) is 41.3 Å². The quantitative estimate of drug-likeness (QED) is 0.327. The lowest BCUT2D eigenvalue weighted by molar-refractivity contribution is -0.113. The first-order valence-corrected chi connectivity index (χ1v) is 11.4. The van der Waals surface area contributed by atoms with Crippen LogP contribution in [0.25, 0.3) is 0 Å². The Kier molecular flexibility index (Phi) is 9.48. The molecule has 0 bridgehead atoms. The monoisotopic (exact) mass is 405 g/mol. The average Bonchev–Trinajstić information content (AvgIpc) is 2.66. The lowest BCUT2D eigenvalue weighted by Crippen LogP contribution is -2.15. The third-order valence-electron chi connectivity index (χ3n) is 3.87. The van der Waals surface area contributed by atoms with Crippen molar-refractivity contribution in [1.29, 1.82) is 0 Å². The van der Waals surface area contributed by atoms with Crippen LogP contribution in [0.15, 0.2) is 40.3 Å². The molecule has 0 aliphatic carbocycles. The number of aromatic amines is 1. The average molecular weight is 406 g/mol. The molecule has 2 aromatic rings. The maximum absolute atomic E-state index is 12.2. The number of benzene rings is 1. The van der Waals surface area contributed by atoms with Crippen molar-refractivity contribution in [3.8, 4) is 0 Å². The van der Waals surface area contributed by atoms with Gasteiger partial charge < -0.3 is 10.3 Å². The zero-order valence-electron chi connectivity index (χ0n) is 15.9. The smallest absolute Gasteiger partial charge is 0.251 e. The van der Waals surface area contributed by atoms with Crippen LogP contribution in [-0.4, -0.2) is 27.4 Å². The van der Waals surface area contributed by atoms with E-state index in [9.17, 15) is 9.59 Å². The van der Waals surface area contributed by atoms with E-state index >= 15 is 0 Å². The summed E-state index contributed by atoms with van der Waals surface area (Å²) in [6.07, 6.45) is 4.72. The highest BCUT2D eigenvalue weighted by Gasteiger charge is 2.07. The second-order valence-electron chi connectivity index (χ2n) is 6.17. The number of anilines is 1. The second kappa shape index (κ2) is 11.9. The molecule has 0 saturated heterocycles. The van der Waals surface area contributed by atoms with Gasteiger partial charge in [0.15, 0.2) is 5.16 Å². The highest BCUT2D eigenvalue weighted by Crippen LogP contribution is 2.16. The normalized spacial score (nSPS) is 10.7. The highest BCUT2D eigenvalue weighted by atomic mass is 32.2. The van der Waals surface area contributed by atoms with E-state index < -0.39 is 0 Å². The Labute approximate surface area is 169 Å². The number of amides is 1. The van der Waals surface area contributed by atoms with Crippen molar-refractivity contribution < 1.29 is 4.79 Å². The minimum absolute atomic E-state index is 0.116. The zero-order chi connectivity index (χ0) is 19.5. The van der Waals surface area contributed by atoms with Crippen LogP contribution < -0.4 is 10.9 Å². The Morgan fingerprint density at radius 1 is 1.19 bits per heavy atom. The maximum atomic E-state index is 12.2. The Morgan fingerprint density at radius 2 is 1.96 bits per heavy atom. The van der Waals surface area contributed by atoms with Crippen LogP contribution in [0.1, 0.15) is 44.4 Å². The molecular weight excluding hydrogens is 378 g/mol. The van der Waals surface area contributed by atoms with E-state index in [0.29, 0.717) is 10.9 Å². The number of nitrogens with one attached hydrogen (secondary N) is 2. The number of thioether (sulfide) groups is 2. The summed E-state index contributed by atoms with van der Waals surface area (Å²) in [6, 6.07) is 9.51. The number of aromatic nitrogens is 2. The second-order valence-corrected chi connectivity index (χ2v) is 8.41. The van der Waals surface area contributed by atoms with E-state index in [0.717, 1.165) is 23.6 Å². The standard InChI is InChI=1S/C20H27N3O2S2/c1-3-5-6-7-15-8-10-16(11-9-15)21-19(25)14-27-20-22-17(13-26-4-2)12-18(24)23-20/h8-12H,3-7,13-14H2,1-2H3,(H,21,25)(H,22,23,24). The van der Waals surface area contributed by atoms with Crippen molar-refractivity contribution in [2.75, 3.05) is 16.8 Å². The molecule has 0 aliphatic heterocycles. The number of H-pyrrole nitrogens is 1. The molecule has 2 N–H and O–H groups in total. The number of unbranched alkanes of at least 4 members (excludes halogenated alkanes) is 2. The molecule has 27 heavy (non-hydrogen) atoms. The zero-order valence-corrected chi connectivity index (χ0v) is 17.5. The number of hydrogen-bond donors (Lipinski definition) is 2. The Bertz CT molecular complexity index is 776.